The Kier molecular flexibility index (Phi) is 4.71. The predicted octanol–water partition coefficient (Wildman–Crippen LogP) is -0.111. The maximum Gasteiger partial charge on any atom is 0.328 e. The zero-order valence-electron chi connectivity index (χ0n) is 9.84. The first-order chi connectivity index (χ1) is 8.21. The van der Waals surface area contributed by atoms with Gasteiger partial charge in [0.25, 0.3) is 14.6 Å². The number of ether oxygens (including phenoxy) is 1. The molecule has 1 heterocycles. The van der Waals surface area contributed by atoms with E-state index in [2.05, 4.69) is 0 Å². The van der Waals surface area contributed by atoms with E-state index in [0.717, 1.165) is 10.8 Å². The molecule has 102 valence electrons. The molecule has 0 aromatic carbocycles. The van der Waals surface area contributed by atoms with E-state index >= 15 is 0 Å². The van der Waals surface area contributed by atoms with Crippen molar-refractivity contribution in [2.45, 2.75) is 31.4 Å². The zero-order chi connectivity index (χ0) is 13.9. The number of hydrogen-bond donors (Lipinski definition) is 1. The van der Waals surface area contributed by atoms with E-state index in [1.54, 1.807) is 0 Å². The number of nitrogens with zero attached hydrogens (tertiary/aromatic N) is 1. The largest absolute Gasteiger partial charge is 0.377 e. The Morgan fingerprint density at radius 1 is 1.44 bits per heavy atom. The third-order valence-electron chi connectivity index (χ3n) is 2.02. The Hall–Kier alpha value is -1.12. The van der Waals surface area contributed by atoms with E-state index in [0.29, 0.717) is 0 Å². The zero-order valence-corrected chi connectivity index (χ0v) is 11.4. The normalized spacial score (nSPS) is 12.0. The standard InChI is InChI=1S/C9H13ClN2O5S/c1-6(2)17-4-3-12-5-7(18(10,15)16)8(13)11-9(12)14/h5-6H,3-4H2,1-2H3,(H,11,13,14). The summed E-state index contributed by atoms with van der Waals surface area (Å²) in [4.78, 5) is 23.9. The highest BCUT2D eigenvalue weighted by molar-refractivity contribution is 8.13. The molecule has 9 heteroatoms. The van der Waals surface area contributed by atoms with Crippen LogP contribution in [0.15, 0.2) is 20.7 Å². The number of hydrogen-bond acceptors (Lipinski definition) is 5. The molecular formula is C9H13ClN2O5S. The second kappa shape index (κ2) is 5.68. The van der Waals surface area contributed by atoms with Crippen molar-refractivity contribution in [1.82, 2.24) is 9.55 Å². The second-order valence-electron chi connectivity index (χ2n) is 3.80. The van der Waals surface area contributed by atoms with Gasteiger partial charge < -0.3 is 4.74 Å². The molecule has 7 nitrogen and oxygen atoms in total. The van der Waals surface area contributed by atoms with Crippen molar-refractivity contribution in [3.05, 3.63) is 27.0 Å². The van der Waals surface area contributed by atoms with Crippen LogP contribution in [0.5, 0.6) is 0 Å². The Bertz CT molecular complexity index is 631. The summed E-state index contributed by atoms with van der Waals surface area (Å²) in [5.74, 6) is 0. The Balaban J connectivity index is 3.07. The van der Waals surface area contributed by atoms with E-state index in [-0.39, 0.29) is 19.3 Å². The first kappa shape index (κ1) is 14.9. The van der Waals surface area contributed by atoms with Crippen molar-refractivity contribution in [3.8, 4) is 0 Å². The highest BCUT2D eigenvalue weighted by atomic mass is 35.7. The van der Waals surface area contributed by atoms with Crippen LogP contribution in [0.2, 0.25) is 0 Å². The van der Waals surface area contributed by atoms with E-state index < -0.39 is 25.2 Å². The monoisotopic (exact) mass is 296 g/mol. The second-order valence-corrected chi connectivity index (χ2v) is 6.34. The molecule has 0 aliphatic heterocycles. The third kappa shape index (κ3) is 3.97. The van der Waals surface area contributed by atoms with Gasteiger partial charge in [-0.2, -0.15) is 0 Å². The number of aromatic nitrogens is 2. The van der Waals surface area contributed by atoms with Crippen LogP contribution in [0.1, 0.15) is 13.8 Å². The van der Waals surface area contributed by atoms with Crippen LogP contribution >= 0.6 is 10.7 Å². The Labute approximate surface area is 108 Å². The summed E-state index contributed by atoms with van der Waals surface area (Å²) < 4.78 is 28.4. The molecule has 0 unspecified atom stereocenters. The molecule has 0 fully saturated rings. The predicted molar refractivity (Wildman–Crippen MR) is 65.4 cm³/mol. The highest BCUT2D eigenvalue weighted by Gasteiger charge is 2.17. The van der Waals surface area contributed by atoms with E-state index in [1.165, 1.54) is 0 Å². The fourth-order valence-electron chi connectivity index (χ4n) is 1.22. The van der Waals surface area contributed by atoms with Gasteiger partial charge in [0, 0.05) is 16.9 Å². The molecule has 0 aliphatic carbocycles. The number of halogens is 1. The van der Waals surface area contributed by atoms with Crippen LogP contribution in [-0.4, -0.2) is 30.7 Å². The van der Waals surface area contributed by atoms with Crippen molar-refractivity contribution < 1.29 is 13.2 Å². The summed E-state index contributed by atoms with van der Waals surface area (Å²) in [6, 6.07) is 0. The van der Waals surface area contributed by atoms with Crippen LogP contribution in [0.4, 0.5) is 0 Å². The number of H-pyrrole nitrogens is 1. The highest BCUT2D eigenvalue weighted by Crippen LogP contribution is 2.07. The van der Waals surface area contributed by atoms with Gasteiger partial charge >= 0.3 is 5.69 Å². The van der Waals surface area contributed by atoms with Gasteiger partial charge in [-0.25, -0.2) is 13.2 Å². The molecule has 1 N–H and O–H groups in total. The van der Waals surface area contributed by atoms with Crippen molar-refractivity contribution >= 4 is 19.7 Å². The topological polar surface area (TPSA) is 98.2 Å². The summed E-state index contributed by atoms with van der Waals surface area (Å²) in [5, 5.41) is 0. The molecule has 0 bridgehead atoms. The van der Waals surface area contributed by atoms with Gasteiger partial charge in [-0.1, -0.05) is 0 Å². The van der Waals surface area contributed by atoms with Crippen molar-refractivity contribution in [1.29, 1.82) is 0 Å². The average molecular weight is 297 g/mol. The molecule has 0 radical (unpaired) electrons. The summed E-state index contributed by atoms with van der Waals surface area (Å²) in [5.41, 5.74) is -1.74. The molecule has 0 amide bonds. The summed E-state index contributed by atoms with van der Waals surface area (Å²) >= 11 is 0. The van der Waals surface area contributed by atoms with E-state index in [1.807, 2.05) is 18.8 Å². The quantitative estimate of drug-likeness (QED) is 0.764. The molecule has 0 aliphatic rings. The van der Waals surface area contributed by atoms with E-state index in [4.69, 9.17) is 15.4 Å². The fraction of sp³-hybridized carbons (Fsp3) is 0.556. The lowest BCUT2D eigenvalue weighted by Gasteiger charge is -2.09. The van der Waals surface area contributed by atoms with Crippen LogP contribution in [-0.2, 0) is 20.3 Å². The maximum atomic E-state index is 11.4. The maximum absolute atomic E-state index is 11.4. The molecule has 0 atom stereocenters. The van der Waals surface area contributed by atoms with Gasteiger partial charge in [0.1, 0.15) is 0 Å². The molecule has 1 aromatic rings. The third-order valence-corrected chi connectivity index (χ3v) is 3.34. The van der Waals surface area contributed by atoms with Gasteiger partial charge in [-0.3, -0.25) is 14.3 Å². The first-order valence-electron chi connectivity index (χ1n) is 5.12. The minimum atomic E-state index is -4.19. The fourth-order valence-corrected chi connectivity index (χ4v) is 2.07. The minimum absolute atomic E-state index is 0.0142. The summed E-state index contributed by atoms with van der Waals surface area (Å²) in [6.45, 7) is 3.98. The summed E-state index contributed by atoms with van der Waals surface area (Å²) in [7, 11) is 0.892. The number of nitrogens with one attached hydrogen (secondary N) is 1. The van der Waals surface area contributed by atoms with Crippen LogP contribution in [0, 0.1) is 0 Å². The molecule has 1 rings (SSSR count). The minimum Gasteiger partial charge on any atom is -0.377 e. The number of rotatable bonds is 5. The van der Waals surface area contributed by atoms with Crippen LogP contribution in [0.25, 0.3) is 0 Å². The van der Waals surface area contributed by atoms with Crippen molar-refractivity contribution in [2.75, 3.05) is 6.61 Å². The molecule has 0 saturated carbocycles. The lowest BCUT2D eigenvalue weighted by atomic mass is 10.5. The molecule has 0 spiro atoms. The van der Waals surface area contributed by atoms with Crippen molar-refractivity contribution in [3.63, 3.8) is 0 Å². The van der Waals surface area contributed by atoms with Crippen LogP contribution < -0.4 is 11.2 Å². The van der Waals surface area contributed by atoms with E-state index in [9.17, 15) is 18.0 Å². The molecular weight excluding hydrogens is 284 g/mol. The van der Waals surface area contributed by atoms with Crippen molar-refractivity contribution in [2.24, 2.45) is 0 Å². The average Bonchev–Trinajstić information content (AvgIpc) is 2.18. The molecule has 18 heavy (non-hydrogen) atoms. The lowest BCUT2D eigenvalue weighted by molar-refractivity contribution is 0.0719. The molecule has 0 saturated heterocycles. The summed E-state index contributed by atoms with van der Waals surface area (Å²) in [6.07, 6.45) is 0.896. The van der Waals surface area contributed by atoms with Gasteiger partial charge in [0.2, 0.25) is 0 Å². The number of aromatic amines is 1. The Morgan fingerprint density at radius 3 is 2.56 bits per heavy atom. The smallest absolute Gasteiger partial charge is 0.328 e. The van der Waals surface area contributed by atoms with Crippen LogP contribution in [0.3, 0.4) is 0 Å². The van der Waals surface area contributed by atoms with Gasteiger partial charge in [-0.05, 0) is 13.8 Å². The first-order valence-corrected chi connectivity index (χ1v) is 7.43. The SMILES string of the molecule is CC(C)OCCn1cc(S(=O)(=O)Cl)c(=O)[nH]c1=O. The van der Waals surface area contributed by atoms with Gasteiger partial charge in [0.15, 0.2) is 4.90 Å². The van der Waals surface area contributed by atoms with Gasteiger partial charge in [0.05, 0.1) is 19.3 Å². The Morgan fingerprint density at radius 2 is 2.06 bits per heavy atom. The van der Waals surface area contributed by atoms with Gasteiger partial charge in [-0.15, -0.1) is 0 Å². The molecule has 1 aromatic heterocycles. The lowest BCUT2D eigenvalue weighted by Crippen LogP contribution is -2.33.